The Kier molecular flexibility index (Phi) is 7.12. The summed E-state index contributed by atoms with van der Waals surface area (Å²) in [4.78, 5) is 12.6. The lowest BCUT2D eigenvalue weighted by Crippen LogP contribution is -2.47. The molecule has 2 aromatic rings. The van der Waals surface area contributed by atoms with Crippen LogP contribution in [0.5, 0.6) is 0 Å². The van der Waals surface area contributed by atoms with Crippen molar-refractivity contribution in [3.8, 4) is 0 Å². The molecule has 0 saturated carbocycles. The summed E-state index contributed by atoms with van der Waals surface area (Å²) < 4.78 is 32.5. The molecule has 0 aliphatic rings. The first-order valence-corrected chi connectivity index (χ1v) is 9.74. The number of hydrogen-bond donors (Lipinski definition) is 0. The molecule has 0 aliphatic carbocycles. The fourth-order valence-electron chi connectivity index (χ4n) is 2.67. The molecule has 2 aromatic carbocycles. The lowest BCUT2D eigenvalue weighted by Gasteiger charge is -2.29. The molecule has 26 heavy (non-hydrogen) atoms. The maximum Gasteiger partial charge on any atom is 0.324 e. The molecule has 0 aliphatic heterocycles. The standard InChI is InChI=1S/C20H23NO4S/c1-3-4-15-21(26(23,24)18-13-9-6-10-14-18)19(20(22)25-2)16-17-11-7-5-8-12-17/h3,5-14,19H,1,4,15-16H2,2H3/t19-/m0/s1. The normalized spacial score (nSPS) is 12.5. The predicted molar refractivity (Wildman–Crippen MR) is 101 cm³/mol. The van der Waals surface area contributed by atoms with Crippen LogP contribution in [0.3, 0.4) is 0 Å². The summed E-state index contributed by atoms with van der Waals surface area (Å²) in [5.41, 5.74) is 0.856. The van der Waals surface area contributed by atoms with E-state index < -0.39 is 22.0 Å². The smallest absolute Gasteiger partial charge is 0.324 e. The third-order valence-corrected chi connectivity index (χ3v) is 5.92. The lowest BCUT2D eigenvalue weighted by molar-refractivity contribution is -0.145. The third-order valence-electron chi connectivity index (χ3n) is 4.00. The topological polar surface area (TPSA) is 63.7 Å². The van der Waals surface area contributed by atoms with Crippen LogP contribution < -0.4 is 0 Å². The van der Waals surface area contributed by atoms with Gasteiger partial charge in [0, 0.05) is 6.54 Å². The van der Waals surface area contributed by atoms with E-state index in [1.54, 1.807) is 24.3 Å². The zero-order valence-corrected chi connectivity index (χ0v) is 15.6. The minimum Gasteiger partial charge on any atom is -0.468 e. The van der Waals surface area contributed by atoms with E-state index >= 15 is 0 Å². The van der Waals surface area contributed by atoms with E-state index in [4.69, 9.17) is 4.74 Å². The van der Waals surface area contributed by atoms with Crippen LogP contribution in [0.25, 0.3) is 0 Å². The molecular weight excluding hydrogens is 350 g/mol. The van der Waals surface area contributed by atoms with Crippen molar-refractivity contribution in [1.29, 1.82) is 0 Å². The molecule has 5 nitrogen and oxygen atoms in total. The number of nitrogens with zero attached hydrogens (tertiary/aromatic N) is 1. The maximum absolute atomic E-state index is 13.2. The van der Waals surface area contributed by atoms with E-state index in [1.165, 1.54) is 23.5 Å². The Morgan fingerprint density at radius 3 is 2.23 bits per heavy atom. The molecule has 6 heteroatoms. The molecule has 0 spiro atoms. The van der Waals surface area contributed by atoms with Gasteiger partial charge in [-0.05, 0) is 30.5 Å². The summed E-state index contributed by atoms with van der Waals surface area (Å²) in [6.07, 6.45) is 2.29. The number of sulfonamides is 1. The quantitative estimate of drug-likeness (QED) is 0.501. The molecule has 2 rings (SSSR count). The number of methoxy groups -OCH3 is 1. The first kappa shape index (κ1) is 19.9. The highest BCUT2D eigenvalue weighted by molar-refractivity contribution is 7.89. The van der Waals surface area contributed by atoms with E-state index in [0.29, 0.717) is 6.42 Å². The highest BCUT2D eigenvalue weighted by atomic mass is 32.2. The van der Waals surface area contributed by atoms with Crippen molar-refractivity contribution in [3.05, 3.63) is 78.9 Å². The zero-order valence-electron chi connectivity index (χ0n) is 14.7. The third kappa shape index (κ3) is 4.80. The molecule has 0 aromatic heterocycles. The van der Waals surface area contributed by atoms with Crippen molar-refractivity contribution in [3.63, 3.8) is 0 Å². The fraction of sp³-hybridized carbons (Fsp3) is 0.250. The van der Waals surface area contributed by atoms with E-state index in [1.807, 2.05) is 30.3 Å². The summed E-state index contributed by atoms with van der Waals surface area (Å²) >= 11 is 0. The van der Waals surface area contributed by atoms with Gasteiger partial charge in [-0.1, -0.05) is 54.6 Å². The number of ether oxygens (including phenoxy) is 1. The largest absolute Gasteiger partial charge is 0.468 e. The van der Waals surface area contributed by atoms with E-state index in [-0.39, 0.29) is 17.9 Å². The van der Waals surface area contributed by atoms with Crippen molar-refractivity contribution >= 4 is 16.0 Å². The number of carbonyl (C=O) groups is 1. The van der Waals surface area contributed by atoms with Crippen LogP contribution in [0, 0.1) is 0 Å². The number of esters is 1. The first-order valence-electron chi connectivity index (χ1n) is 8.30. The molecule has 0 heterocycles. The van der Waals surface area contributed by atoms with Crippen LogP contribution >= 0.6 is 0 Å². The highest BCUT2D eigenvalue weighted by Crippen LogP contribution is 2.22. The van der Waals surface area contributed by atoms with Gasteiger partial charge >= 0.3 is 5.97 Å². The van der Waals surface area contributed by atoms with Gasteiger partial charge < -0.3 is 4.74 Å². The molecule has 0 fully saturated rings. The van der Waals surface area contributed by atoms with Gasteiger partial charge in [0.15, 0.2) is 0 Å². The second kappa shape index (κ2) is 9.31. The molecular formula is C20H23NO4S. The van der Waals surface area contributed by atoms with Crippen LogP contribution in [0.15, 0.2) is 78.2 Å². The Morgan fingerprint density at radius 2 is 1.69 bits per heavy atom. The maximum atomic E-state index is 13.2. The molecule has 0 bridgehead atoms. The summed E-state index contributed by atoms with van der Waals surface area (Å²) in [6, 6.07) is 16.4. The van der Waals surface area contributed by atoms with Crippen molar-refractivity contribution in [2.45, 2.75) is 23.8 Å². The Labute approximate surface area is 155 Å². The summed E-state index contributed by atoms with van der Waals surface area (Å²) in [7, 11) is -2.60. The minimum atomic E-state index is -3.86. The molecule has 0 saturated heterocycles. The first-order chi connectivity index (χ1) is 12.5. The van der Waals surface area contributed by atoms with Crippen LogP contribution in [0.2, 0.25) is 0 Å². The molecule has 0 amide bonds. The van der Waals surface area contributed by atoms with E-state index in [0.717, 1.165) is 5.56 Å². The van der Waals surface area contributed by atoms with Crippen LogP contribution in [-0.2, 0) is 26.0 Å². The predicted octanol–water partition coefficient (Wildman–Crippen LogP) is 3.04. The summed E-state index contributed by atoms with van der Waals surface area (Å²) in [6.45, 7) is 3.80. The van der Waals surface area contributed by atoms with Crippen molar-refractivity contribution in [2.75, 3.05) is 13.7 Å². The Balaban J connectivity index is 2.45. The van der Waals surface area contributed by atoms with Crippen LogP contribution in [-0.4, -0.2) is 38.4 Å². The van der Waals surface area contributed by atoms with E-state index in [2.05, 4.69) is 6.58 Å². The zero-order chi connectivity index (χ0) is 19.0. The Morgan fingerprint density at radius 1 is 1.12 bits per heavy atom. The molecule has 1 atom stereocenters. The number of benzene rings is 2. The van der Waals surface area contributed by atoms with Crippen molar-refractivity contribution in [1.82, 2.24) is 4.31 Å². The van der Waals surface area contributed by atoms with Crippen molar-refractivity contribution in [2.24, 2.45) is 0 Å². The summed E-state index contributed by atoms with van der Waals surface area (Å²) in [5, 5.41) is 0. The number of rotatable bonds is 9. The van der Waals surface area contributed by atoms with Gasteiger partial charge in [0.25, 0.3) is 0 Å². The van der Waals surface area contributed by atoms with Gasteiger partial charge in [-0.25, -0.2) is 8.42 Å². The minimum absolute atomic E-state index is 0.144. The SMILES string of the molecule is C=CCCN([C@@H](Cc1ccccc1)C(=O)OC)S(=O)(=O)c1ccccc1. The summed E-state index contributed by atoms with van der Waals surface area (Å²) in [5.74, 6) is -0.586. The van der Waals surface area contributed by atoms with Gasteiger partial charge in [0.1, 0.15) is 6.04 Å². The van der Waals surface area contributed by atoms with E-state index in [9.17, 15) is 13.2 Å². The molecule has 0 N–H and O–H groups in total. The number of carbonyl (C=O) groups excluding carboxylic acids is 1. The average Bonchev–Trinajstić information content (AvgIpc) is 2.68. The van der Waals surface area contributed by atoms with Gasteiger partial charge in [0.05, 0.1) is 12.0 Å². The Bertz CT molecular complexity index is 819. The average molecular weight is 373 g/mol. The Hall–Kier alpha value is -2.44. The van der Waals surface area contributed by atoms with Gasteiger partial charge in [0.2, 0.25) is 10.0 Å². The van der Waals surface area contributed by atoms with Gasteiger partial charge in [-0.2, -0.15) is 4.31 Å². The van der Waals surface area contributed by atoms with Crippen molar-refractivity contribution < 1.29 is 17.9 Å². The molecule has 138 valence electrons. The fourth-order valence-corrected chi connectivity index (χ4v) is 4.28. The van der Waals surface area contributed by atoms with Gasteiger partial charge in [-0.15, -0.1) is 6.58 Å². The second-order valence-corrected chi connectivity index (χ2v) is 7.63. The van der Waals surface area contributed by atoms with Crippen LogP contribution in [0.4, 0.5) is 0 Å². The highest BCUT2D eigenvalue weighted by Gasteiger charge is 2.36. The van der Waals surface area contributed by atoms with Gasteiger partial charge in [-0.3, -0.25) is 4.79 Å². The monoisotopic (exact) mass is 373 g/mol. The molecule has 0 unspecified atom stereocenters. The molecule has 0 radical (unpaired) electrons. The number of hydrogen-bond acceptors (Lipinski definition) is 4. The lowest BCUT2D eigenvalue weighted by atomic mass is 10.1. The van der Waals surface area contributed by atoms with Crippen LogP contribution in [0.1, 0.15) is 12.0 Å². The second-order valence-electron chi connectivity index (χ2n) is 5.73.